The van der Waals surface area contributed by atoms with Crippen LogP contribution >= 0.6 is 11.8 Å². The molecular formula is C8H18OS2. The molecule has 1 nitrogen and oxygen atoms in total. The van der Waals surface area contributed by atoms with Gasteiger partial charge in [0.2, 0.25) is 0 Å². The van der Waals surface area contributed by atoms with Gasteiger partial charge in [-0.2, -0.15) is 11.8 Å². The summed E-state index contributed by atoms with van der Waals surface area (Å²) in [5, 5.41) is 0. The van der Waals surface area contributed by atoms with Crippen molar-refractivity contribution in [3.05, 3.63) is 0 Å². The summed E-state index contributed by atoms with van der Waals surface area (Å²) in [6.45, 7) is 6.09. The zero-order chi connectivity index (χ0) is 8.91. The van der Waals surface area contributed by atoms with Crippen LogP contribution in [0.3, 0.4) is 0 Å². The lowest BCUT2D eigenvalue weighted by atomic mass is 10.3. The van der Waals surface area contributed by atoms with E-state index in [4.69, 9.17) is 0 Å². The molecule has 68 valence electrons. The Morgan fingerprint density at radius 3 is 2.27 bits per heavy atom. The van der Waals surface area contributed by atoms with Crippen molar-refractivity contribution in [2.24, 2.45) is 0 Å². The third kappa shape index (κ3) is 5.74. The van der Waals surface area contributed by atoms with Gasteiger partial charge in [0.05, 0.1) is 0 Å². The standard InChI is InChI=1S/C8H18OS2/c1-8(2,3)11(9)7-5-6-10-4/h5-7H2,1-4H3. The fourth-order valence-corrected chi connectivity index (χ4v) is 2.28. The SMILES string of the molecule is CSCCCS(=O)C(C)(C)C. The van der Waals surface area contributed by atoms with Crippen molar-refractivity contribution in [3.63, 3.8) is 0 Å². The van der Waals surface area contributed by atoms with Gasteiger partial charge in [0, 0.05) is 21.3 Å². The summed E-state index contributed by atoms with van der Waals surface area (Å²) < 4.78 is 11.4. The summed E-state index contributed by atoms with van der Waals surface area (Å²) in [5.41, 5.74) is 0. The minimum Gasteiger partial charge on any atom is -0.259 e. The molecule has 0 amide bonds. The van der Waals surface area contributed by atoms with Crippen LogP contribution in [0.15, 0.2) is 0 Å². The van der Waals surface area contributed by atoms with Crippen molar-refractivity contribution in [2.45, 2.75) is 31.9 Å². The molecule has 1 atom stereocenters. The molecule has 0 bridgehead atoms. The van der Waals surface area contributed by atoms with Gasteiger partial charge < -0.3 is 0 Å². The third-order valence-electron chi connectivity index (χ3n) is 1.36. The van der Waals surface area contributed by atoms with Crippen LogP contribution in [0.25, 0.3) is 0 Å². The van der Waals surface area contributed by atoms with E-state index in [0.29, 0.717) is 0 Å². The topological polar surface area (TPSA) is 17.1 Å². The van der Waals surface area contributed by atoms with Crippen LogP contribution in [0.1, 0.15) is 27.2 Å². The molecule has 0 spiro atoms. The summed E-state index contributed by atoms with van der Waals surface area (Å²) >= 11 is 1.82. The van der Waals surface area contributed by atoms with Gasteiger partial charge in [0.25, 0.3) is 0 Å². The second kappa shape index (κ2) is 5.20. The summed E-state index contributed by atoms with van der Waals surface area (Å²) in [4.78, 5) is 0. The van der Waals surface area contributed by atoms with Gasteiger partial charge in [0.15, 0.2) is 0 Å². The highest BCUT2D eigenvalue weighted by atomic mass is 32.2. The number of thioether (sulfide) groups is 1. The second-order valence-electron chi connectivity index (χ2n) is 3.51. The average molecular weight is 194 g/mol. The smallest absolute Gasteiger partial charge is 0.0375 e. The molecule has 0 aromatic carbocycles. The zero-order valence-corrected chi connectivity index (χ0v) is 9.48. The highest BCUT2D eigenvalue weighted by Crippen LogP contribution is 2.12. The van der Waals surface area contributed by atoms with Crippen molar-refractivity contribution < 1.29 is 4.21 Å². The Hall–Kier alpha value is 0.500. The molecule has 0 aromatic heterocycles. The first-order valence-corrected chi connectivity index (χ1v) is 6.57. The largest absolute Gasteiger partial charge is 0.259 e. The average Bonchev–Trinajstić information content (AvgIpc) is 1.86. The van der Waals surface area contributed by atoms with Gasteiger partial charge in [-0.25, -0.2) is 0 Å². The van der Waals surface area contributed by atoms with Gasteiger partial charge in [-0.3, -0.25) is 4.21 Å². The minimum absolute atomic E-state index is 0.0294. The first-order valence-electron chi connectivity index (χ1n) is 3.86. The number of rotatable bonds is 4. The summed E-state index contributed by atoms with van der Waals surface area (Å²) in [5.74, 6) is 1.98. The van der Waals surface area contributed by atoms with Crippen molar-refractivity contribution >= 4 is 22.6 Å². The van der Waals surface area contributed by atoms with Crippen LogP contribution in [0.2, 0.25) is 0 Å². The molecule has 0 rings (SSSR count). The molecule has 11 heavy (non-hydrogen) atoms. The molecule has 0 aromatic rings. The molecule has 0 saturated heterocycles. The normalized spacial score (nSPS) is 14.9. The first-order chi connectivity index (χ1) is 4.98. The van der Waals surface area contributed by atoms with Gasteiger partial charge in [-0.1, -0.05) is 0 Å². The Morgan fingerprint density at radius 2 is 1.91 bits per heavy atom. The molecule has 0 aliphatic rings. The van der Waals surface area contributed by atoms with Crippen LogP contribution in [-0.2, 0) is 10.8 Å². The van der Waals surface area contributed by atoms with E-state index in [0.717, 1.165) is 17.9 Å². The predicted molar refractivity (Wildman–Crippen MR) is 55.8 cm³/mol. The van der Waals surface area contributed by atoms with E-state index in [-0.39, 0.29) is 4.75 Å². The lowest BCUT2D eigenvalue weighted by Crippen LogP contribution is -2.24. The van der Waals surface area contributed by atoms with Crippen LogP contribution in [0.4, 0.5) is 0 Å². The third-order valence-corrected chi connectivity index (χ3v) is 4.08. The molecule has 0 heterocycles. The maximum Gasteiger partial charge on any atom is 0.0375 e. The number of hydrogen-bond acceptors (Lipinski definition) is 2. The monoisotopic (exact) mass is 194 g/mol. The Bertz CT molecular complexity index is 127. The summed E-state index contributed by atoms with van der Waals surface area (Å²) in [6.07, 6.45) is 3.16. The van der Waals surface area contributed by atoms with Crippen molar-refractivity contribution in [1.82, 2.24) is 0 Å². The van der Waals surface area contributed by atoms with E-state index in [1.165, 1.54) is 0 Å². The fraction of sp³-hybridized carbons (Fsp3) is 1.00. The Balaban J connectivity index is 3.54. The van der Waals surface area contributed by atoms with Crippen LogP contribution in [0, 0.1) is 0 Å². The fourth-order valence-electron chi connectivity index (χ4n) is 0.641. The Kier molecular flexibility index (Phi) is 5.44. The summed E-state index contributed by atoms with van der Waals surface area (Å²) in [7, 11) is -0.652. The highest BCUT2D eigenvalue weighted by Gasteiger charge is 2.18. The maximum atomic E-state index is 11.4. The predicted octanol–water partition coefficient (Wildman–Crippen LogP) is 2.29. The van der Waals surface area contributed by atoms with E-state index in [9.17, 15) is 4.21 Å². The molecule has 1 unspecified atom stereocenters. The minimum atomic E-state index is -0.652. The Labute approximate surface area is 76.8 Å². The van der Waals surface area contributed by atoms with E-state index < -0.39 is 10.8 Å². The van der Waals surface area contributed by atoms with Gasteiger partial charge >= 0.3 is 0 Å². The molecule has 0 saturated carbocycles. The second-order valence-corrected chi connectivity index (χ2v) is 6.82. The van der Waals surface area contributed by atoms with Crippen LogP contribution < -0.4 is 0 Å². The summed E-state index contributed by atoms with van der Waals surface area (Å²) in [6, 6.07) is 0. The van der Waals surface area contributed by atoms with E-state index in [1.54, 1.807) is 0 Å². The van der Waals surface area contributed by atoms with Crippen LogP contribution in [-0.4, -0.2) is 26.7 Å². The molecule has 0 aliphatic heterocycles. The quantitative estimate of drug-likeness (QED) is 0.639. The lowest BCUT2D eigenvalue weighted by Gasteiger charge is -2.17. The van der Waals surface area contributed by atoms with Gasteiger partial charge in [0.1, 0.15) is 0 Å². The molecular weight excluding hydrogens is 176 g/mol. The van der Waals surface area contributed by atoms with Crippen molar-refractivity contribution in [3.8, 4) is 0 Å². The molecule has 3 heteroatoms. The van der Waals surface area contributed by atoms with Gasteiger partial charge in [-0.15, -0.1) is 0 Å². The maximum absolute atomic E-state index is 11.4. The number of hydrogen-bond donors (Lipinski definition) is 0. The Morgan fingerprint density at radius 1 is 1.36 bits per heavy atom. The molecule has 0 aliphatic carbocycles. The van der Waals surface area contributed by atoms with Crippen LogP contribution in [0.5, 0.6) is 0 Å². The molecule has 0 N–H and O–H groups in total. The first kappa shape index (κ1) is 11.5. The van der Waals surface area contributed by atoms with Gasteiger partial charge in [-0.05, 0) is 39.2 Å². The molecule has 0 fully saturated rings. The van der Waals surface area contributed by atoms with E-state index in [2.05, 4.69) is 6.26 Å². The lowest BCUT2D eigenvalue weighted by molar-refractivity contribution is 0.647. The van der Waals surface area contributed by atoms with Crippen molar-refractivity contribution in [1.29, 1.82) is 0 Å². The van der Waals surface area contributed by atoms with E-state index in [1.807, 2.05) is 32.5 Å². The van der Waals surface area contributed by atoms with E-state index >= 15 is 0 Å². The highest BCUT2D eigenvalue weighted by molar-refractivity contribution is 7.98. The van der Waals surface area contributed by atoms with Crippen molar-refractivity contribution in [2.75, 3.05) is 17.8 Å². The zero-order valence-electron chi connectivity index (χ0n) is 7.85. The molecule has 0 radical (unpaired) electrons.